The van der Waals surface area contributed by atoms with Crippen LogP contribution in [0, 0.1) is 0 Å². The van der Waals surface area contributed by atoms with E-state index >= 15 is 0 Å². The van der Waals surface area contributed by atoms with Gasteiger partial charge in [0.25, 0.3) is 11.8 Å². The lowest BCUT2D eigenvalue weighted by Crippen LogP contribution is -2.64. The van der Waals surface area contributed by atoms with Gasteiger partial charge < -0.3 is 15.5 Å². The first kappa shape index (κ1) is 22.0. The van der Waals surface area contributed by atoms with E-state index < -0.39 is 5.54 Å². The van der Waals surface area contributed by atoms with Gasteiger partial charge in [0.15, 0.2) is 5.69 Å². The Morgan fingerprint density at radius 1 is 1.19 bits per heavy atom. The largest absolute Gasteiger partial charge is 0.351 e. The molecule has 1 atom stereocenters. The first-order chi connectivity index (χ1) is 15.4. The van der Waals surface area contributed by atoms with Crippen LogP contribution in [0.3, 0.4) is 0 Å². The zero-order valence-electron chi connectivity index (χ0n) is 19.0. The average molecular weight is 438 g/mol. The van der Waals surface area contributed by atoms with Crippen molar-refractivity contribution in [2.45, 2.75) is 71.0 Å². The van der Waals surface area contributed by atoms with Crippen molar-refractivity contribution in [3.8, 4) is 0 Å². The molecule has 1 fully saturated rings. The fourth-order valence-electron chi connectivity index (χ4n) is 4.72. The number of aromatic nitrogens is 2. The summed E-state index contributed by atoms with van der Waals surface area (Å²) in [6, 6.07) is 9.30. The lowest BCUT2D eigenvalue weighted by Gasteiger charge is -2.43. The van der Waals surface area contributed by atoms with Crippen molar-refractivity contribution in [3.63, 3.8) is 0 Å². The highest BCUT2D eigenvalue weighted by atomic mass is 16.2. The van der Waals surface area contributed by atoms with E-state index in [1.54, 1.807) is 11.8 Å². The Morgan fingerprint density at radius 3 is 2.62 bits per heavy atom. The van der Waals surface area contributed by atoms with Gasteiger partial charge in [0.1, 0.15) is 11.2 Å². The van der Waals surface area contributed by atoms with E-state index in [-0.39, 0.29) is 36.0 Å². The smallest absolute Gasteiger partial charge is 0.276 e. The van der Waals surface area contributed by atoms with Crippen LogP contribution in [-0.2, 0) is 17.8 Å². The van der Waals surface area contributed by atoms with Crippen molar-refractivity contribution in [2.75, 3.05) is 11.9 Å². The summed E-state index contributed by atoms with van der Waals surface area (Å²) in [7, 11) is 0. The number of carbonyl (C=O) groups excluding carboxylic acids is 3. The van der Waals surface area contributed by atoms with Gasteiger partial charge in [-0.25, -0.2) is 0 Å². The Kier molecular flexibility index (Phi) is 6.04. The zero-order valence-corrected chi connectivity index (χ0v) is 19.0. The van der Waals surface area contributed by atoms with Gasteiger partial charge in [0, 0.05) is 24.3 Å². The molecule has 0 bridgehead atoms. The predicted molar refractivity (Wildman–Crippen MR) is 122 cm³/mol. The molecule has 1 aromatic heterocycles. The number of carbonyl (C=O) groups is 3. The highest BCUT2D eigenvalue weighted by molar-refractivity contribution is 6.06. The highest BCUT2D eigenvalue weighted by Gasteiger charge is 2.48. The zero-order chi connectivity index (χ0) is 22.9. The molecule has 1 unspecified atom stereocenters. The van der Waals surface area contributed by atoms with Crippen molar-refractivity contribution in [1.82, 2.24) is 20.0 Å². The molecule has 8 heteroatoms. The van der Waals surface area contributed by atoms with Gasteiger partial charge in [-0.15, -0.1) is 0 Å². The van der Waals surface area contributed by atoms with Gasteiger partial charge in [0.2, 0.25) is 5.91 Å². The van der Waals surface area contributed by atoms with Crippen LogP contribution in [0.1, 0.15) is 73.0 Å². The van der Waals surface area contributed by atoms with Gasteiger partial charge >= 0.3 is 0 Å². The number of nitrogens with zero attached hydrogens (tertiary/aromatic N) is 3. The number of amides is 3. The van der Waals surface area contributed by atoms with Crippen molar-refractivity contribution in [1.29, 1.82) is 0 Å². The number of fused-ring (bicyclic) bond motifs is 1. The van der Waals surface area contributed by atoms with E-state index in [9.17, 15) is 14.4 Å². The second-order valence-electron chi connectivity index (χ2n) is 8.86. The third-order valence-electron chi connectivity index (χ3n) is 6.62. The molecule has 1 saturated carbocycles. The SMILES string of the molecule is CCc1cccc(NC(=O)c2cc3n(n2)CC(C)(C(=O)NC2CCCC2)N(CC)C3=O)c1. The highest BCUT2D eigenvalue weighted by Crippen LogP contribution is 2.29. The molecule has 2 N–H and O–H groups in total. The molecule has 0 radical (unpaired) electrons. The van der Waals surface area contributed by atoms with Crippen LogP contribution in [0.5, 0.6) is 0 Å². The first-order valence-electron chi connectivity index (χ1n) is 11.5. The standard InChI is InChI=1S/C24H31N5O3/c1-4-16-9-8-12-18(13-16)25-21(30)19-14-20-22(31)28(5-2)24(3,15-29(20)27-19)23(32)26-17-10-6-7-11-17/h8-9,12-14,17H,4-7,10-11,15H2,1-3H3,(H,25,30)(H,26,32). The number of anilines is 1. The van der Waals surface area contributed by atoms with Crippen molar-refractivity contribution in [3.05, 3.63) is 47.3 Å². The molecule has 0 spiro atoms. The second-order valence-corrected chi connectivity index (χ2v) is 8.86. The van der Waals surface area contributed by atoms with Crippen LogP contribution in [0.2, 0.25) is 0 Å². The third kappa shape index (κ3) is 4.01. The van der Waals surface area contributed by atoms with E-state index in [0.29, 0.717) is 17.9 Å². The van der Waals surface area contributed by atoms with E-state index in [1.807, 2.05) is 31.2 Å². The lowest BCUT2D eigenvalue weighted by molar-refractivity contribution is -0.133. The molecule has 1 aliphatic carbocycles. The third-order valence-corrected chi connectivity index (χ3v) is 6.62. The fraction of sp³-hybridized carbons (Fsp3) is 0.500. The number of aryl methyl sites for hydroxylation is 1. The molecule has 2 aromatic rings. The minimum absolute atomic E-state index is 0.159. The maximum Gasteiger partial charge on any atom is 0.276 e. The van der Waals surface area contributed by atoms with E-state index in [1.165, 1.54) is 10.7 Å². The summed E-state index contributed by atoms with van der Waals surface area (Å²) in [5, 5.41) is 10.4. The molecule has 4 rings (SSSR count). The van der Waals surface area contributed by atoms with Crippen molar-refractivity contribution >= 4 is 23.4 Å². The van der Waals surface area contributed by atoms with Gasteiger partial charge in [-0.2, -0.15) is 5.10 Å². The average Bonchev–Trinajstić information content (AvgIpc) is 3.44. The van der Waals surface area contributed by atoms with E-state index in [0.717, 1.165) is 37.7 Å². The normalized spacial score (nSPS) is 20.8. The molecular formula is C24H31N5O3. The maximum absolute atomic E-state index is 13.2. The monoisotopic (exact) mass is 437 g/mol. The molecule has 170 valence electrons. The molecule has 32 heavy (non-hydrogen) atoms. The molecular weight excluding hydrogens is 406 g/mol. The summed E-state index contributed by atoms with van der Waals surface area (Å²) in [6.45, 7) is 6.29. The Balaban J connectivity index is 1.57. The molecule has 1 aliphatic heterocycles. The van der Waals surface area contributed by atoms with Crippen molar-refractivity contribution in [2.24, 2.45) is 0 Å². The van der Waals surface area contributed by atoms with E-state index in [2.05, 4.69) is 22.7 Å². The Morgan fingerprint density at radius 2 is 1.94 bits per heavy atom. The fourth-order valence-corrected chi connectivity index (χ4v) is 4.72. The first-order valence-corrected chi connectivity index (χ1v) is 11.5. The summed E-state index contributed by atoms with van der Waals surface area (Å²) < 4.78 is 1.50. The number of nitrogens with one attached hydrogen (secondary N) is 2. The topological polar surface area (TPSA) is 96.3 Å². The molecule has 0 saturated heterocycles. The summed E-state index contributed by atoms with van der Waals surface area (Å²) in [6.07, 6.45) is 5.03. The quantitative estimate of drug-likeness (QED) is 0.726. The summed E-state index contributed by atoms with van der Waals surface area (Å²) >= 11 is 0. The maximum atomic E-state index is 13.2. The molecule has 1 aromatic carbocycles. The summed E-state index contributed by atoms with van der Waals surface area (Å²) in [5.41, 5.74) is 1.22. The van der Waals surface area contributed by atoms with Gasteiger partial charge in [-0.3, -0.25) is 19.1 Å². The van der Waals surface area contributed by atoms with Crippen LogP contribution in [-0.4, -0.2) is 50.5 Å². The van der Waals surface area contributed by atoms with Crippen LogP contribution >= 0.6 is 0 Å². The predicted octanol–water partition coefficient (Wildman–Crippen LogP) is 2.99. The molecule has 8 nitrogen and oxygen atoms in total. The summed E-state index contributed by atoms with van der Waals surface area (Å²) in [4.78, 5) is 40.9. The van der Waals surface area contributed by atoms with Crippen LogP contribution < -0.4 is 10.6 Å². The van der Waals surface area contributed by atoms with Gasteiger partial charge in [0.05, 0.1) is 6.54 Å². The Hall–Kier alpha value is -3.16. The number of hydrogen-bond acceptors (Lipinski definition) is 4. The van der Waals surface area contributed by atoms with Crippen LogP contribution in [0.4, 0.5) is 5.69 Å². The van der Waals surface area contributed by atoms with E-state index in [4.69, 9.17) is 0 Å². The van der Waals surface area contributed by atoms with Crippen molar-refractivity contribution < 1.29 is 14.4 Å². The van der Waals surface area contributed by atoms with Gasteiger partial charge in [-0.1, -0.05) is 31.9 Å². The lowest BCUT2D eigenvalue weighted by atomic mass is 9.94. The molecule has 2 heterocycles. The van der Waals surface area contributed by atoms with Crippen LogP contribution in [0.15, 0.2) is 30.3 Å². The number of likely N-dealkylation sites (N-methyl/N-ethyl adjacent to an activating group) is 1. The minimum atomic E-state index is -1.06. The molecule has 2 aliphatic rings. The minimum Gasteiger partial charge on any atom is -0.351 e. The number of hydrogen-bond donors (Lipinski definition) is 2. The number of benzene rings is 1. The number of rotatable bonds is 6. The second kappa shape index (κ2) is 8.76. The molecule has 3 amide bonds. The van der Waals surface area contributed by atoms with Crippen LogP contribution in [0.25, 0.3) is 0 Å². The van der Waals surface area contributed by atoms with Gasteiger partial charge in [-0.05, 0) is 50.8 Å². The Labute approximate surface area is 188 Å². The summed E-state index contributed by atoms with van der Waals surface area (Å²) in [5.74, 6) is -0.835. The Bertz CT molecular complexity index is 1040.